The number of rotatable bonds is 4. The summed E-state index contributed by atoms with van der Waals surface area (Å²) < 4.78 is 1.86. The predicted molar refractivity (Wildman–Crippen MR) is 86.1 cm³/mol. The quantitative estimate of drug-likeness (QED) is 0.790. The van der Waals surface area contributed by atoms with Gasteiger partial charge < -0.3 is 5.32 Å². The minimum atomic E-state index is -0.331. The van der Waals surface area contributed by atoms with Crippen molar-refractivity contribution in [2.75, 3.05) is 6.54 Å². The van der Waals surface area contributed by atoms with Crippen LogP contribution in [0.15, 0.2) is 24.3 Å². The standard InChI is InChI=1S/C16H18N6O/c1-10-4-5-13-14(8-10)18-15(20-19-13)16(23)17-6-7-22-12(3)9-11(2)21-22/h4-5,8-9H,6-7H2,1-3H3,(H,17,23). The molecule has 0 aliphatic rings. The van der Waals surface area contributed by atoms with E-state index in [0.717, 1.165) is 17.0 Å². The number of benzene rings is 1. The van der Waals surface area contributed by atoms with Crippen molar-refractivity contribution in [1.29, 1.82) is 0 Å². The van der Waals surface area contributed by atoms with Gasteiger partial charge in [0.2, 0.25) is 5.82 Å². The van der Waals surface area contributed by atoms with Crippen molar-refractivity contribution in [3.05, 3.63) is 47.0 Å². The summed E-state index contributed by atoms with van der Waals surface area (Å²) in [7, 11) is 0. The molecule has 0 bridgehead atoms. The van der Waals surface area contributed by atoms with Crippen molar-refractivity contribution < 1.29 is 4.79 Å². The zero-order valence-corrected chi connectivity index (χ0v) is 13.4. The van der Waals surface area contributed by atoms with Crippen LogP contribution >= 0.6 is 0 Å². The van der Waals surface area contributed by atoms with Gasteiger partial charge in [0, 0.05) is 12.2 Å². The summed E-state index contributed by atoms with van der Waals surface area (Å²) in [6, 6.07) is 7.67. The van der Waals surface area contributed by atoms with Crippen LogP contribution < -0.4 is 5.32 Å². The molecule has 3 aromatic rings. The summed E-state index contributed by atoms with van der Waals surface area (Å²) >= 11 is 0. The maximum Gasteiger partial charge on any atom is 0.291 e. The van der Waals surface area contributed by atoms with Gasteiger partial charge in [-0.05, 0) is 44.5 Å². The molecule has 0 fully saturated rings. The van der Waals surface area contributed by atoms with E-state index < -0.39 is 0 Å². The number of nitrogens with zero attached hydrogens (tertiary/aromatic N) is 5. The zero-order chi connectivity index (χ0) is 16.4. The van der Waals surface area contributed by atoms with E-state index in [-0.39, 0.29) is 11.7 Å². The number of hydrogen-bond acceptors (Lipinski definition) is 5. The minimum Gasteiger partial charge on any atom is -0.347 e. The maximum absolute atomic E-state index is 12.1. The molecule has 0 atom stereocenters. The van der Waals surface area contributed by atoms with Crippen LogP contribution in [0, 0.1) is 20.8 Å². The Labute approximate surface area is 133 Å². The van der Waals surface area contributed by atoms with Gasteiger partial charge in [-0.2, -0.15) is 5.10 Å². The SMILES string of the molecule is Cc1ccc2nnc(C(=O)NCCn3nc(C)cc3C)nc2c1. The van der Waals surface area contributed by atoms with Gasteiger partial charge in [-0.3, -0.25) is 9.48 Å². The molecular formula is C16H18N6O. The Balaban J connectivity index is 1.67. The van der Waals surface area contributed by atoms with E-state index >= 15 is 0 Å². The van der Waals surface area contributed by atoms with Crippen LogP contribution in [0.1, 0.15) is 27.6 Å². The highest BCUT2D eigenvalue weighted by molar-refractivity contribution is 5.91. The van der Waals surface area contributed by atoms with Crippen LogP contribution in [-0.4, -0.2) is 37.4 Å². The molecule has 0 radical (unpaired) electrons. The van der Waals surface area contributed by atoms with E-state index in [0.29, 0.717) is 24.1 Å². The van der Waals surface area contributed by atoms with Crippen LogP contribution in [0.2, 0.25) is 0 Å². The van der Waals surface area contributed by atoms with Gasteiger partial charge in [0.25, 0.3) is 5.91 Å². The summed E-state index contributed by atoms with van der Waals surface area (Å²) in [6.45, 7) is 6.95. The molecule has 23 heavy (non-hydrogen) atoms. The summed E-state index contributed by atoms with van der Waals surface area (Å²) in [5.74, 6) is -0.251. The molecule has 1 N–H and O–H groups in total. The fourth-order valence-corrected chi connectivity index (χ4v) is 2.40. The first-order valence-electron chi connectivity index (χ1n) is 7.43. The van der Waals surface area contributed by atoms with Crippen molar-refractivity contribution in [3.63, 3.8) is 0 Å². The highest BCUT2D eigenvalue weighted by Gasteiger charge is 2.11. The lowest BCUT2D eigenvalue weighted by Crippen LogP contribution is -2.29. The summed E-state index contributed by atoms with van der Waals surface area (Å²) in [6.07, 6.45) is 0. The number of aromatic nitrogens is 5. The van der Waals surface area contributed by atoms with Crippen LogP contribution in [0.3, 0.4) is 0 Å². The molecule has 7 nitrogen and oxygen atoms in total. The molecule has 1 aromatic carbocycles. The molecule has 1 amide bonds. The normalized spacial score (nSPS) is 10.9. The first-order chi connectivity index (χ1) is 11.0. The summed E-state index contributed by atoms with van der Waals surface area (Å²) in [4.78, 5) is 16.4. The number of fused-ring (bicyclic) bond motifs is 1. The Bertz CT molecular complexity index is 870. The van der Waals surface area contributed by atoms with Crippen molar-refractivity contribution >= 4 is 16.9 Å². The van der Waals surface area contributed by atoms with Crippen molar-refractivity contribution in [2.24, 2.45) is 0 Å². The monoisotopic (exact) mass is 310 g/mol. The Kier molecular flexibility index (Phi) is 4.01. The number of carbonyl (C=O) groups excluding carboxylic acids is 1. The molecule has 0 unspecified atom stereocenters. The topological polar surface area (TPSA) is 85.6 Å². The van der Waals surface area contributed by atoms with E-state index in [1.165, 1.54) is 0 Å². The lowest BCUT2D eigenvalue weighted by atomic mass is 10.2. The fraction of sp³-hybridized carbons (Fsp3) is 0.312. The van der Waals surface area contributed by atoms with E-state index in [1.807, 2.05) is 49.7 Å². The molecule has 0 aliphatic carbocycles. The third-order valence-electron chi connectivity index (χ3n) is 3.53. The van der Waals surface area contributed by atoms with E-state index in [1.54, 1.807) is 0 Å². The van der Waals surface area contributed by atoms with Crippen LogP contribution in [0.25, 0.3) is 11.0 Å². The number of carbonyl (C=O) groups is 1. The predicted octanol–water partition coefficient (Wildman–Crippen LogP) is 1.58. The molecule has 2 aromatic heterocycles. The average Bonchev–Trinajstić information content (AvgIpc) is 2.84. The second-order valence-corrected chi connectivity index (χ2v) is 5.53. The van der Waals surface area contributed by atoms with Gasteiger partial charge >= 0.3 is 0 Å². The van der Waals surface area contributed by atoms with Gasteiger partial charge in [-0.15, -0.1) is 10.2 Å². The lowest BCUT2D eigenvalue weighted by molar-refractivity contribution is 0.0940. The van der Waals surface area contributed by atoms with Gasteiger partial charge in [0.05, 0.1) is 17.8 Å². The third kappa shape index (κ3) is 3.33. The van der Waals surface area contributed by atoms with Crippen LogP contribution in [-0.2, 0) is 6.54 Å². The van der Waals surface area contributed by atoms with Crippen LogP contribution in [0.4, 0.5) is 0 Å². The minimum absolute atomic E-state index is 0.0801. The lowest BCUT2D eigenvalue weighted by Gasteiger charge is -2.06. The van der Waals surface area contributed by atoms with Gasteiger partial charge in [0.15, 0.2) is 0 Å². The van der Waals surface area contributed by atoms with Crippen LogP contribution in [0.5, 0.6) is 0 Å². The van der Waals surface area contributed by atoms with E-state index in [9.17, 15) is 4.79 Å². The first kappa shape index (κ1) is 15.1. The summed E-state index contributed by atoms with van der Waals surface area (Å²) in [5.41, 5.74) is 4.44. The van der Waals surface area contributed by atoms with E-state index in [4.69, 9.17) is 0 Å². The largest absolute Gasteiger partial charge is 0.347 e. The number of hydrogen-bond donors (Lipinski definition) is 1. The van der Waals surface area contributed by atoms with Crippen molar-refractivity contribution in [1.82, 2.24) is 30.3 Å². The fourth-order valence-electron chi connectivity index (χ4n) is 2.40. The Morgan fingerprint density at radius 2 is 1.96 bits per heavy atom. The molecular weight excluding hydrogens is 292 g/mol. The second kappa shape index (κ2) is 6.12. The first-order valence-corrected chi connectivity index (χ1v) is 7.43. The number of nitrogens with one attached hydrogen (secondary N) is 1. The molecule has 0 saturated carbocycles. The second-order valence-electron chi connectivity index (χ2n) is 5.53. The number of amides is 1. The smallest absolute Gasteiger partial charge is 0.291 e. The highest BCUT2D eigenvalue weighted by atomic mass is 16.2. The molecule has 118 valence electrons. The molecule has 0 spiro atoms. The van der Waals surface area contributed by atoms with E-state index in [2.05, 4.69) is 25.6 Å². The van der Waals surface area contributed by atoms with Gasteiger partial charge in [-0.1, -0.05) is 6.07 Å². The average molecular weight is 310 g/mol. The molecule has 0 aliphatic heterocycles. The van der Waals surface area contributed by atoms with Crippen molar-refractivity contribution in [3.8, 4) is 0 Å². The highest BCUT2D eigenvalue weighted by Crippen LogP contribution is 2.10. The Hall–Kier alpha value is -2.83. The molecule has 7 heteroatoms. The zero-order valence-electron chi connectivity index (χ0n) is 13.4. The molecule has 2 heterocycles. The maximum atomic E-state index is 12.1. The van der Waals surface area contributed by atoms with Gasteiger partial charge in [-0.25, -0.2) is 4.98 Å². The number of aryl methyl sites for hydroxylation is 3. The Morgan fingerprint density at radius 3 is 2.70 bits per heavy atom. The summed E-state index contributed by atoms with van der Waals surface area (Å²) in [5, 5.41) is 15.1. The van der Waals surface area contributed by atoms with Crippen molar-refractivity contribution in [2.45, 2.75) is 27.3 Å². The molecule has 0 saturated heterocycles. The third-order valence-corrected chi connectivity index (χ3v) is 3.53. The Morgan fingerprint density at radius 1 is 1.13 bits per heavy atom. The van der Waals surface area contributed by atoms with Gasteiger partial charge in [0.1, 0.15) is 5.52 Å². The molecule has 3 rings (SSSR count).